The molecule has 19 nitrogen and oxygen atoms in total. The number of unbranched alkanes of at least 4 members (excludes halogenated alkanes) is 1. The van der Waals surface area contributed by atoms with Crippen molar-refractivity contribution in [3.05, 3.63) is 118 Å². The summed E-state index contributed by atoms with van der Waals surface area (Å²) < 4.78 is 9.08. The van der Waals surface area contributed by atoms with Gasteiger partial charge in [0.2, 0.25) is 23.7 Å². The van der Waals surface area contributed by atoms with Crippen molar-refractivity contribution in [1.29, 1.82) is 0 Å². The van der Waals surface area contributed by atoms with Crippen LogP contribution in [-0.4, -0.2) is 138 Å². The maximum absolute atomic E-state index is 14.1. The highest BCUT2D eigenvalue weighted by Crippen LogP contribution is 2.30. The Hall–Kier alpha value is -6.84. The number of piperazine rings is 1. The standard InChI is InChI=1S/C56H72N12O7S/c1-8-24-67-52(72)43-34-58-54(63-50(43)68(67)46-14-11-13-45(61-46)56(6,7)74)60-40-20-22-41(23-21-40)65-28-26-64(27-29-65)25-12-31-75-30-10-9-15-47(70)62-49(55(3,4)5)53(73)66-35-42(69)32-44(66)51(71)57-33-38-16-18-39(19-17-38)48-37(2)59-36-76-48/h8,11,13-14,16-23,34,36,42,44,49,69,74H,1,9-10,12,15,24-33,35H2,2-7H3,(H,57,71)(H,62,70)(H,58,60,63)/t42-,44+,49-/m1/s1. The number of aliphatic hydroxyl groups excluding tert-OH is 1. The number of pyridine rings is 1. The summed E-state index contributed by atoms with van der Waals surface area (Å²) >= 11 is 1.58. The minimum Gasteiger partial charge on any atom is -0.391 e. The molecule has 0 radical (unpaired) electrons. The monoisotopic (exact) mass is 1060 g/mol. The van der Waals surface area contributed by atoms with Crippen LogP contribution in [0.4, 0.5) is 17.3 Å². The third-order valence-electron chi connectivity index (χ3n) is 13.8. The predicted molar refractivity (Wildman–Crippen MR) is 296 cm³/mol. The van der Waals surface area contributed by atoms with Crippen LogP contribution in [-0.2, 0) is 37.8 Å². The van der Waals surface area contributed by atoms with E-state index < -0.39 is 29.2 Å². The molecule has 20 heteroatoms. The highest BCUT2D eigenvalue weighted by molar-refractivity contribution is 7.13. The molecule has 76 heavy (non-hydrogen) atoms. The van der Waals surface area contributed by atoms with Crippen LogP contribution in [0, 0.1) is 12.3 Å². The molecule has 404 valence electrons. The lowest BCUT2D eigenvalue weighted by atomic mass is 9.85. The molecule has 0 spiro atoms. The predicted octanol–water partition coefficient (Wildman–Crippen LogP) is 6.07. The lowest BCUT2D eigenvalue weighted by molar-refractivity contribution is -0.144. The molecule has 2 aliphatic heterocycles. The molecule has 5 N–H and O–H groups in total. The number of ether oxygens (including phenoxy) is 1. The van der Waals surface area contributed by atoms with E-state index in [1.165, 1.54) is 15.8 Å². The van der Waals surface area contributed by atoms with E-state index in [0.29, 0.717) is 54.5 Å². The number of anilines is 3. The van der Waals surface area contributed by atoms with Gasteiger partial charge in [0, 0.05) is 89.4 Å². The molecule has 8 rings (SSSR count). The van der Waals surface area contributed by atoms with Gasteiger partial charge in [-0.3, -0.25) is 24.1 Å². The van der Waals surface area contributed by atoms with Crippen molar-refractivity contribution in [2.24, 2.45) is 5.41 Å². The number of rotatable bonds is 22. The van der Waals surface area contributed by atoms with Gasteiger partial charge in [-0.1, -0.05) is 57.2 Å². The minimum atomic E-state index is -1.18. The number of aromatic nitrogens is 6. The second-order valence-electron chi connectivity index (χ2n) is 21.2. The number of aryl methyl sites for hydroxylation is 1. The van der Waals surface area contributed by atoms with Crippen LogP contribution in [0.2, 0.25) is 0 Å². The largest absolute Gasteiger partial charge is 0.391 e. The van der Waals surface area contributed by atoms with Crippen LogP contribution in [0.3, 0.4) is 0 Å². The number of fused-ring (bicyclic) bond motifs is 1. The first kappa shape index (κ1) is 55.4. The van der Waals surface area contributed by atoms with E-state index in [4.69, 9.17) is 9.72 Å². The van der Waals surface area contributed by atoms with Crippen LogP contribution in [0.5, 0.6) is 0 Å². The fraction of sp³-hybridized carbons (Fsp3) is 0.464. The molecule has 3 atom stereocenters. The molecule has 2 aliphatic rings. The molecule has 0 aliphatic carbocycles. The number of nitrogens with one attached hydrogen (secondary N) is 3. The van der Waals surface area contributed by atoms with Crippen molar-refractivity contribution >= 4 is 57.4 Å². The van der Waals surface area contributed by atoms with Gasteiger partial charge in [0.1, 0.15) is 23.1 Å². The number of aliphatic hydroxyl groups is 2. The molecular weight excluding hydrogens is 985 g/mol. The van der Waals surface area contributed by atoms with Crippen molar-refractivity contribution in [3.63, 3.8) is 0 Å². The van der Waals surface area contributed by atoms with Crippen molar-refractivity contribution in [1.82, 2.24) is 49.7 Å². The zero-order chi connectivity index (χ0) is 54.1. The van der Waals surface area contributed by atoms with Crippen LogP contribution < -0.4 is 26.4 Å². The summed E-state index contributed by atoms with van der Waals surface area (Å²) in [5.74, 6) is -0.207. The number of β-amino-alcohol motifs (C(OH)–C–C–N with tert-alkyl or cyclic N) is 1. The topological polar surface area (TPSA) is 225 Å². The second kappa shape index (κ2) is 24.4. The number of carbonyl (C=O) groups excluding carboxylic acids is 3. The highest BCUT2D eigenvalue weighted by Gasteiger charge is 2.44. The summed E-state index contributed by atoms with van der Waals surface area (Å²) in [5.41, 5.74) is 5.40. The average molecular weight is 1060 g/mol. The lowest BCUT2D eigenvalue weighted by Gasteiger charge is -2.36. The molecule has 0 unspecified atom stereocenters. The van der Waals surface area contributed by atoms with Gasteiger partial charge in [-0.25, -0.2) is 24.3 Å². The van der Waals surface area contributed by atoms with Crippen molar-refractivity contribution in [2.45, 2.75) is 111 Å². The Morgan fingerprint density at radius 3 is 2.36 bits per heavy atom. The second-order valence-corrected chi connectivity index (χ2v) is 22.1. The van der Waals surface area contributed by atoms with E-state index in [0.717, 1.165) is 72.2 Å². The first-order chi connectivity index (χ1) is 36.4. The van der Waals surface area contributed by atoms with E-state index in [1.54, 1.807) is 54.1 Å². The number of allylic oxidation sites excluding steroid dienone is 1. The van der Waals surface area contributed by atoms with Gasteiger partial charge in [0.25, 0.3) is 5.56 Å². The number of thiazole rings is 1. The number of likely N-dealkylation sites (tertiary alicyclic amines) is 1. The number of hydrogen-bond acceptors (Lipinski definition) is 15. The van der Waals surface area contributed by atoms with Gasteiger partial charge >= 0.3 is 0 Å². The molecule has 6 heterocycles. The van der Waals surface area contributed by atoms with Gasteiger partial charge in [-0.2, -0.15) is 4.98 Å². The lowest BCUT2D eigenvalue weighted by Crippen LogP contribution is -2.57. The van der Waals surface area contributed by atoms with Crippen LogP contribution >= 0.6 is 11.3 Å². The normalized spacial score (nSPS) is 16.7. The van der Waals surface area contributed by atoms with Crippen molar-refractivity contribution in [3.8, 4) is 16.3 Å². The summed E-state index contributed by atoms with van der Waals surface area (Å²) in [6.45, 7) is 21.0. The number of benzene rings is 2. The van der Waals surface area contributed by atoms with Crippen LogP contribution in [0.1, 0.15) is 83.7 Å². The van der Waals surface area contributed by atoms with E-state index in [2.05, 4.69) is 59.4 Å². The summed E-state index contributed by atoms with van der Waals surface area (Å²) in [6.07, 6.45) is 4.86. The Bertz CT molecular complexity index is 3020. The molecule has 0 saturated carbocycles. The number of carbonyl (C=O) groups is 3. The Morgan fingerprint density at radius 2 is 1.67 bits per heavy atom. The number of amides is 3. The minimum absolute atomic E-state index is 0.0185. The number of hydrogen-bond donors (Lipinski definition) is 5. The smallest absolute Gasteiger partial charge is 0.278 e. The van der Waals surface area contributed by atoms with E-state index in [9.17, 15) is 29.4 Å². The quantitative estimate of drug-likeness (QED) is 0.0384. The third kappa shape index (κ3) is 13.6. The maximum atomic E-state index is 14.1. The van der Waals surface area contributed by atoms with Gasteiger partial charge in [-0.05, 0) is 93.0 Å². The van der Waals surface area contributed by atoms with Crippen LogP contribution in [0.15, 0.2) is 95.9 Å². The fourth-order valence-corrected chi connectivity index (χ4v) is 10.4. The molecular formula is C56H72N12O7S. The van der Waals surface area contributed by atoms with Crippen molar-refractivity contribution in [2.75, 3.05) is 62.7 Å². The zero-order valence-corrected chi connectivity index (χ0v) is 45.3. The average Bonchev–Trinajstić information content (AvgIpc) is 4.18. The Morgan fingerprint density at radius 1 is 0.934 bits per heavy atom. The molecule has 4 aromatic heterocycles. The Balaban J connectivity index is 0.726. The SMILES string of the molecule is C=CCn1c(=O)c2cnc(Nc3ccc(N4CCN(CCCOCCCCC(=O)N[C@H](C(=O)N5C[C@H](O)C[C@H]5C(=O)NCc5ccc(-c6scnc6C)cc5)C(C)(C)C)CC4)cc3)nc2n1-c1cccc(C(C)(C)O)n1. The summed E-state index contributed by atoms with van der Waals surface area (Å²) in [7, 11) is 0. The van der Waals surface area contributed by atoms with Crippen molar-refractivity contribution < 1.29 is 29.3 Å². The summed E-state index contributed by atoms with van der Waals surface area (Å²) in [6, 6.07) is 19.6. The van der Waals surface area contributed by atoms with E-state index in [1.807, 2.05) is 69.6 Å². The number of nitrogens with zero attached hydrogens (tertiary/aromatic N) is 9. The fourth-order valence-electron chi connectivity index (χ4n) is 9.60. The van der Waals surface area contributed by atoms with Gasteiger partial charge in [0.15, 0.2) is 11.5 Å². The molecule has 2 aromatic carbocycles. The molecule has 3 amide bonds. The van der Waals surface area contributed by atoms with Crippen LogP contribution in [0.25, 0.3) is 27.3 Å². The summed E-state index contributed by atoms with van der Waals surface area (Å²) in [4.78, 5) is 79.7. The van der Waals surface area contributed by atoms with E-state index >= 15 is 0 Å². The summed E-state index contributed by atoms with van der Waals surface area (Å²) in [5, 5.41) is 30.8. The Kier molecular flexibility index (Phi) is 17.8. The molecule has 2 saturated heterocycles. The molecule has 6 aromatic rings. The maximum Gasteiger partial charge on any atom is 0.278 e. The van der Waals surface area contributed by atoms with Gasteiger partial charge in [-0.15, -0.1) is 17.9 Å². The van der Waals surface area contributed by atoms with Gasteiger partial charge in [0.05, 0.1) is 34.4 Å². The first-order valence-corrected chi connectivity index (χ1v) is 27.0. The van der Waals surface area contributed by atoms with E-state index in [-0.39, 0.29) is 55.8 Å². The molecule has 2 fully saturated rings. The highest BCUT2D eigenvalue weighted by atomic mass is 32.1. The molecule has 0 bridgehead atoms. The zero-order valence-electron chi connectivity index (χ0n) is 44.5. The van der Waals surface area contributed by atoms with Gasteiger partial charge < -0.3 is 40.7 Å². The Labute approximate surface area is 448 Å². The first-order valence-electron chi connectivity index (χ1n) is 26.1. The third-order valence-corrected chi connectivity index (χ3v) is 14.8.